The molecule has 262 valence electrons. The Hall–Kier alpha value is -3.35. The predicted octanol–water partition coefficient (Wildman–Crippen LogP) is 4.73. The maximum absolute atomic E-state index is 12.3. The van der Waals surface area contributed by atoms with Crippen LogP contribution in [-0.2, 0) is 33.3 Å². The van der Waals surface area contributed by atoms with Crippen LogP contribution in [0.4, 0.5) is 0 Å². The number of esters is 3. The van der Waals surface area contributed by atoms with Gasteiger partial charge >= 0.3 is 17.9 Å². The quantitative estimate of drug-likeness (QED) is 0.0683. The fourth-order valence-electron chi connectivity index (χ4n) is 4.71. The number of hydrogen-bond acceptors (Lipinski definition) is 11. The zero-order valence-electron chi connectivity index (χ0n) is 27.6. The number of rotatable bonds is 22. The third-order valence-corrected chi connectivity index (χ3v) is 7.26. The summed E-state index contributed by atoms with van der Waals surface area (Å²) >= 11 is 0. The normalized spacial score (nSPS) is 22.1. The molecule has 11 nitrogen and oxygen atoms in total. The van der Waals surface area contributed by atoms with Crippen LogP contribution in [0, 0.1) is 0 Å². The molecule has 6 unspecified atom stereocenters. The lowest BCUT2D eigenvalue weighted by molar-refractivity contribution is -0.307. The maximum Gasteiger partial charge on any atom is 0.338 e. The van der Waals surface area contributed by atoms with Crippen molar-refractivity contribution in [1.29, 1.82) is 0 Å². The highest BCUT2D eigenvalue weighted by molar-refractivity contribution is 5.89. The van der Waals surface area contributed by atoms with Gasteiger partial charge in [0, 0.05) is 13.3 Å². The van der Waals surface area contributed by atoms with Crippen LogP contribution in [0.15, 0.2) is 66.8 Å². The number of benzene rings is 1. The summed E-state index contributed by atoms with van der Waals surface area (Å²) in [6.07, 6.45) is 13.7. The summed E-state index contributed by atoms with van der Waals surface area (Å²) in [5.74, 6) is -1.85. The molecule has 1 aromatic carbocycles. The van der Waals surface area contributed by atoms with Gasteiger partial charge in [0.25, 0.3) is 0 Å². The zero-order valence-corrected chi connectivity index (χ0v) is 27.6. The number of aliphatic hydroxyl groups excluding tert-OH is 3. The van der Waals surface area contributed by atoms with Crippen molar-refractivity contribution in [3.63, 3.8) is 0 Å². The number of ether oxygens (including phenoxy) is 5. The fourth-order valence-corrected chi connectivity index (χ4v) is 4.71. The van der Waals surface area contributed by atoms with Gasteiger partial charge < -0.3 is 39.0 Å². The van der Waals surface area contributed by atoms with E-state index in [0.717, 1.165) is 58.3 Å². The summed E-state index contributed by atoms with van der Waals surface area (Å²) in [5.41, 5.74) is 0.288. The molecular formula is C36H52O11. The van der Waals surface area contributed by atoms with Gasteiger partial charge in [-0.1, -0.05) is 80.8 Å². The van der Waals surface area contributed by atoms with E-state index >= 15 is 0 Å². The first-order valence-corrected chi connectivity index (χ1v) is 16.5. The van der Waals surface area contributed by atoms with Crippen molar-refractivity contribution < 1.29 is 53.4 Å². The monoisotopic (exact) mass is 660 g/mol. The van der Waals surface area contributed by atoms with E-state index in [1.54, 1.807) is 30.3 Å². The highest BCUT2D eigenvalue weighted by Crippen LogP contribution is 2.25. The number of hydrogen-bond donors (Lipinski definition) is 3. The first-order valence-electron chi connectivity index (χ1n) is 16.5. The second kappa shape index (κ2) is 23.9. The van der Waals surface area contributed by atoms with E-state index in [4.69, 9.17) is 23.7 Å². The minimum atomic E-state index is -1.63. The second-order valence-electron chi connectivity index (χ2n) is 11.3. The SMILES string of the molecule is CCC=CCC=CCC=CCCCCCCCC(=O)OCC(O)COC1OC(COC(=O)c2ccccc2)C(O)C(O)C1OC(C)=O. The van der Waals surface area contributed by atoms with Crippen molar-refractivity contribution in [2.75, 3.05) is 19.8 Å². The minimum Gasteiger partial charge on any atom is -0.463 e. The Balaban J connectivity index is 1.64. The smallest absolute Gasteiger partial charge is 0.338 e. The highest BCUT2D eigenvalue weighted by atomic mass is 16.7. The second-order valence-corrected chi connectivity index (χ2v) is 11.3. The van der Waals surface area contributed by atoms with E-state index in [2.05, 4.69) is 43.4 Å². The molecule has 0 aromatic heterocycles. The molecule has 3 N–H and O–H groups in total. The summed E-state index contributed by atoms with van der Waals surface area (Å²) < 4.78 is 26.7. The predicted molar refractivity (Wildman–Crippen MR) is 175 cm³/mol. The highest BCUT2D eigenvalue weighted by Gasteiger charge is 2.47. The molecule has 47 heavy (non-hydrogen) atoms. The lowest BCUT2D eigenvalue weighted by atomic mass is 9.99. The van der Waals surface area contributed by atoms with Crippen molar-refractivity contribution in [2.24, 2.45) is 0 Å². The van der Waals surface area contributed by atoms with Crippen LogP contribution in [0.2, 0.25) is 0 Å². The van der Waals surface area contributed by atoms with Crippen LogP contribution in [-0.4, -0.2) is 89.9 Å². The number of allylic oxidation sites excluding steroid dienone is 6. The van der Waals surface area contributed by atoms with Crippen LogP contribution in [0.1, 0.15) is 88.4 Å². The van der Waals surface area contributed by atoms with Gasteiger partial charge in [0.2, 0.25) is 0 Å². The Morgan fingerprint density at radius 2 is 1.51 bits per heavy atom. The van der Waals surface area contributed by atoms with Gasteiger partial charge in [0.15, 0.2) is 12.4 Å². The summed E-state index contributed by atoms with van der Waals surface area (Å²) in [6, 6.07) is 8.19. The van der Waals surface area contributed by atoms with Crippen LogP contribution >= 0.6 is 0 Å². The lowest BCUT2D eigenvalue weighted by Crippen LogP contribution is -2.60. The van der Waals surface area contributed by atoms with E-state index in [-0.39, 0.29) is 18.6 Å². The summed E-state index contributed by atoms with van der Waals surface area (Å²) in [4.78, 5) is 36.1. The molecule has 0 spiro atoms. The van der Waals surface area contributed by atoms with Crippen molar-refractivity contribution in [1.82, 2.24) is 0 Å². The van der Waals surface area contributed by atoms with Crippen molar-refractivity contribution >= 4 is 17.9 Å². The lowest BCUT2D eigenvalue weighted by Gasteiger charge is -2.41. The fraction of sp³-hybridized carbons (Fsp3) is 0.583. The molecule has 1 aliphatic rings. The van der Waals surface area contributed by atoms with Crippen LogP contribution in [0.5, 0.6) is 0 Å². The van der Waals surface area contributed by atoms with Gasteiger partial charge in [-0.25, -0.2) is 4.79 Å². The molecule has 1 heterocycles. The zero-order chi connectivity index (χ0) is 34.3. The van der Waals surface area contributed by atoms with E-state index in [0.29, 0.717) is 6.42 Å². The Bertz CT molecular complexity index is 1120. The summed E-state index contributed by atoms with van der Waals surface area (Å²) in [5, 5.41) is 31.5. The van der Waals surface area contributed by atoms with E-state index < -0.39 is 67.9 Å². The third kappa shape index (κ3) is 16.9. The van der Waals surface area contributed by atoms with Crippen LogP contribution in [0.3, 0.4) is 0 Å². The van der Waals surface area contributed by atoms with Crippen molar-refractivity contribution in [2.45, 2.75) is 115 Å². The number of carbonyl (C=O) groups excluding carboxylic acids is 3. The molecule has 1 aromatic rings. The van der Waals surface area contributed by atoms with Crippen LogP contribution < -0.4 is 0 Å². The number of carbonyl (C=O) groups is 3. The first kappa shape index (κ1) is 39.8. The number of unbranched alkanes of at least 4 members (excludes halogenated alkanes) is 5. The molecule has 11 heteroatoms. The molecular weight excluding hydrogens is 608 g/mol. The molecule has 6 atom stereocenters. The molecule has 0 saturated carbocycles. The van der Waals surface area contributed by atoms with Gasteiger partial charge in [-0.2, -0.15) is 0 Å². The third-order valence-electron chi connectivity index (χ3n) is 7.26. The first-order chi connectivity index (χ1) is 22.7. The average molecular weight is 661 g/mol. The molecule has 2 rings (SSSR count). The van der Waals surface area contributed by atoms with Gasteiger partial charge in [0.05, 0.1) is 12.2 Å². The summed E-state index contributed by atoms with van der Waals surface area (Å²) in [7, 11) is 0. The van der Waals surface area contributed by atoms with Gasteiger partial charge in [0.1, 0.15) is 37.6 Å². The molecule has 0 amide bonds. The Kier molecular flexibility index (Phi) is 20.2. The molecule has 1 aliphatic heterocycles. The van der Waals surface area contributed by atoms with Gasteiger partial charge in [-0.05, 0) is 50.7 Å². The largest absolute Gasteiger partial charge is 0.463 e. The number of aliphatic hydroxyl groups is 3. The topological polar surface area (TPSA) is 158 Å². The molecule has 0 bridgehead atoms. The van der Waals surface area contributed by atoms with E-state index in [9.17, 15) is 29.7 Å². The molecule has 0 radical (unpaired) electrons. The molecule has 0 aliphatic carbocycles. The molecule has 1 fully saturated rings. The van der Waals surface area contributed by atoms with Crippen LogP contribution in [0.25, 0.3) is 0 Å². The Labute approximate surface area is 278 Å². The van der Waals surface area contributed by atoms with Crippen molar-refractivity contribution in [3.05, 3.63) is 72.4 Å². The Morgan fingerprint density at radius 3 is 2.21 bits per heavy atom. The standard InChI is InChI=1S/C36H52O11/c1-3-4-5-6-7-8-9-10-11-12-13-14-15-16-20-23-31(39)43-24-29(38)25-45-36-34(46-27(2)37)33(41)32(40)30(47-36)26-44-35(42)28-21-18-17-19-22-28/h4-5,7-8,10-11,17-19,21-22,29-30,32-34,36,38,40-41H,3,6,9,12-16,20,23-26H2,1-2H3. The summed E-state index contributed by atoms with van der Waals surface area (Å²) in [6.45, 7) is 2.09. The Morgan fingerprint density at radius 1 is 0.851 bits per heavy atom. The average Bonchev–Trinajstić information content (AvgIpc) is 3.06. The minimum absolute atomic E-state index is 0.237. The molecule has 1 saturated heterocycles. The maximum atomic E-state index is 12.3. The van der Waals surface area contributed by atoms with Crippen molar-refractivity contribution in [3.8, 4) is 0 Å². The van der Waals surface area contributed by atoms with Gasteiger partial charge in [-0.15, -0.1) is 0 Å². The van der Waals surface area contributed by atoms with E-state index in [1.165, 1.54) is 0 Å². The van der Waals surface area contributed by atoms with Gasteiger partial charge in [-0.3, -0.25) is 9.59 Å². The van der Waals surface area contributed by atoms with E-state index in [1.807, 2.05) is 0 Å².